The van der Waals surface area contributed by atoms with Crippen LogP contribution in [-0.4, -0.2) is 55.7 Å². The fourth-order valence-electron chi connectivity index (χ4n) is 8.21. The van der Waals surface area contributed by atoms with Gasteiger partial charge in [-0.05, 0) is 47.6 Å². The highest BCUT2D eigenvalue weighted by molar-refractivity contribution is 6.09. The second-order valence-corrected chi connectivity index (χ2v) is 11.9. The number of fused-ring (bicyclic) bond motifs is 3. The van der Waals surface area contributed by atoms with E-state index in [1.54, 1.807) is 13.0 Å². The number of nitrogens with two attached hydrogens (primary N) is 2. The van der Waals surface area contributed by atoms with Crippen LogP contribution in [0.15, 0.2) is 6.07 Å². The topological polar surface area (TPSA) is 184 Å². The predicted molar refractivity (Wildman–Crippen MR) is 131 cm³/mol. The van der Waals surface area contributed by atoms with Crippen LogP contribution in [0.5, 0.6) is 5.75 Å². The van der Waals surface area contributed by atoms with Gasteiger partial charge in [0, 0.05) is 17.5 Å². The molecule has 0 radical (unpaired) electrons. The molecule has 198 valence electrons. The van der Waals surface area contributed by atoms with Crippen LogP contribution in [0.25, 0.3) is 0 Å². The summed E-state index contributed by atoms with van der Waals surface area (Å²) in [5.41, 5.74) is 8.54. The Balaban J connectivity index is 1.99. The van der Waals surface area contributed by atoms with Gasteiger partial charge in [-0.2, -0.15) is 0 Å². The van der Waals surface area contributed by atoms with Crippen LogP contribution in [0.1, 0.15) is 68.1 Å². The number of aromatic hydroxyl groups is 1. The average molecular weight is 503 g/mol. The lowest BCUT2D eigenvalue weighted by Crippen LogP contribution is -2.79. The van der Waals surface area contributed by atoms with E-state index >= 15 is 0 Å². The molecule has 1 aromatic rings. The third-order valence-electron chi connectivity index (χ3n) is 9.55. The molecule has 0 bridgehead atoms. The molecule has 3 aliphatic rings. The number of benzene rings is 1. The van der Waals surface area contributed by atoms with Gasteiger partial charge in [0.05, 0.1) is 17.6 Å². The van der Waals surface area contributed by atoms with Crippen LogP contribution in [0.4, 0.5) is 0 Å². The highest BCUT2D eigenvalue weighted by atomic mass is 16.4. The number of primary amides is 1. The number of Topliss-reactive ketones (excluding diaryl/α,β-unsaturated/α-hetero) is 2. The van der Waals surface area contributed by atoms with E-state index in [1.807, 2.05) is 27.7 Å². The fraction of sp³-hybridized carbons (Fsp3) is 0.667. The van der Waals surface area contributed by atoms with Gasteiger partial charge >= 0.3 is 0 Å². The summed E-state index contributed by atoms with van der Waals surface area (Å²) >= 11 is 0. The van der Waals surface area contributed by atoms with E-state index in [4.69, 9.17) is 11.5 Å². The Morgan fingerprint density at radius 2 is 1.81 bits per heavy atom. The Labute approximate surface area is 210 Å². The molecular formula is C27H38N2O7. The number of ketones is 2. The number of hydrogen-bond donors (Lipinski definition) is 6. The highest BCUT2D eigenvalue weighted by Crippen LogP contribution is 2.65. The van der Waals surface area contributed by atoms with E-state index < -0.39 is 63.9 Å². The van der Waals surface area contributed by atoms with Crippen LogP contribution in [0.3, 0.4) is 0 Å². The first-order valence-corrected chi connectivity index (χ1v) is 12.6. The zero-order valence-electron chi connectivity index (χ0n) is 21.5. The van der Waals surface area contributed by atoms with Crippen molar-refractivity contribution in [2.45, 2.75) is 78.2 Å². The number of carbonyl (C=O) groups is 3. The Morgan fingerprint density at radius 1 is 1.19 bits per heavy atom. The molecule has 2 saturated carbocycles. The summed E-state index contributed by atoms with van der Waals surface area (Å²) in [7, 11) is 0. The summed E-state index contributed by atoms with van der Waals surface area (Å²) in [5, 5.41) is 46.0. The first-order chi connectivity index (χ1) is 16.6. The summed E-state index contributed by atoms with van der Waals surface area (Å²) in [5.74, 6) is -6.97. The van der Waals surface area contributed by atoms with Crippen molar-refractivity contribution in [1.29, 1.82) is 0 Å². The largest absolute Gasteiger partial charge is 0.507 e. The Hall–Kier alpha value is -2.33. The summed E-state index contributed by atoms with van der Waals surface area (Å²) in [6.07, 6.45) is -2.28. The van der Waals surface area contributed by atoms with E-state index in [1.165, 1.54) is 0 Å². The number of aliphatic hydroxyl groups is 3. The quantitative estimate of drug-likeness (QED) is 0.323. The SMILES string of the molecule is CCc1cc(CN)c(O)c2c1C[C@]1(C)C[C@]3(C)[C@@H](C(C)C)C(O)[C@@H](C(N)=O)C(=O)[C@]3(O)C(O)[C@H]1C2=O. The van der Waals surface area contributed by atoms with Crippen molar-refractivity contribution in [2.24, 2.45) is 46.0 Å². The van der Waals surface area contributed by atoms with E-state index in [0.29, 0.717) is 24.0 Å². The molecular weight excluding hydrogens is 464 g/mol. The van der Waals surface area contributed by atoms with Crippen LogP contribution >= 0.6 is 0 Å². The lowest BCUT2D eigenvalue weighted by Gasteiger charge is -2.66. The van der Waals surface area contributed by atoms with Crippen LogP contribution in [0, 0.1) is 34.5 Å². The molecule has 9 heteroatoms. The smallest absolute Gasteiger partial charge is 0.230 e. The van der Waals surface area contributed by atoms with Gasteiger partial charge in [0.1, 0.15) is 17.8 Å². The third-order valence-corrected chi connectivity index (χ3v) is 9.55. The molecule has 1 amide bonds. The van der Waals surface area contributed by atoms with Crippen molar-refractivity contribution in [3.8, 4) is 5.75 Å². The molecule has 3 aliphatic carbocycles. The normalized spacial score (nSPS) is 40.0. The number of rotatable bonds is 4. The van der Waals surface area contributed by atoms with Crippen molar-refractivity contribution >= 4 is 17.5 Å². The molecule has 0 spiro atoms. The summed E-state index contributed by atoms with van der Waals surface area (Å²) < 4.78 is 0. The van der Waals surface area contributed by atoms with E-state index in [9.17, 15) is 34.8 Å². The van der Waals surface area contributed by atoms with E-state index in [2.05, 4.69) is 0 Å². The second-order valence-electron chi connectivity index (χ2n) is 11.9. The van der Waals surface area contributed by atoms with Gasteiger partial charge in [-0.3, -0.25) is 14.4 Å². The molecule has 2 unspecified atom stereocenters. The monoisotopic (exact) mass is 502 g/mol. The van der Waals surface area contributed by atoms with E-state index in [-0.39, 0.29) is 30.2 Å². The number of phenols is 1. The molecule has 8 atom stereocenters. The maximum atomic E-state index is 14.0. The van der Waals surface area contributed by atoms with Gasteiger partial charge < -0.3 is 31.9 Å². The average Bonchev–Trinajstić information content (AvgIpc) is 2.76. The van der Waals surface area contributed by atoms with Gasteiger partial charge in [0.15, 0.2) is 17.2 Å². The van der Waals surface area contributed by atoms with Gasteiger partial charge in [0.25, 0.3) is 0 Å². The van der Waals surface area contributed by atoms with Crippen molar-refractivity contribution in [3.63, 3.8) is 0 Å². The summed E-state index contributed by atoms with van der Waals surface area (Å²) in [4.78, 5) is 40.0. The number of amides is 1. The standard InChI is InChI=1S/C27H38N2O7/c1-6-12-7-13(9-28)19(30)15-14(12)8-25(4)10-26(5)17(11(2)3)21(32)16(24(29)35)22(33)27(26,36)23(34)18(25)20(15)31/h7,11,16-18,21,23,30,32,34,36H,6,8-10,28H2,1-5H3,(H2,29,35)/t16-,17+,18-,21?,23?,25-,26-,27+/m1/s1. The zero-order valence-corrected chi connectivity index (χ0v) is 21.5. The maximum absolute atomic E-state index is 14.0. The maximum Gasteiger partial charge on any atom is 0.230 e. The van der Waals surface area contributed by atoms with Gasteiger partial charge in [-0.15, -0.1) is 0 Å². The second kappa shape index (κ2) is 8.34. The van der Waals surface area contributed by atoms with Crippen LogP contribution < -0.4 is 11.5 Å². The number of phenolic OH excluding ortho intramolecular Hbond substituents is 1. The predicted octanol–water partition coefficient (Wildman–Crippen LogP) is 0.594. The number of hydrogen-bond acceptors (Lipinski definition) is 8. The molecule has 0 saturated heterocycles. The van der Waals surface area contributed by atoms with E-state index in [0.717, 1.165) is 5.56 Å². The minimum Gasteiger partial charge on any atom is -0.507 e. The first kappa shape index (κ1) is 26.7. The third kappa shape index (κ3) is 3.12. The Morgan fingerprint density at radius 3 is 2.31 bits per heavy atom. The Bertz CT molecular complexity index is 1150. The van der Waals surface area contributed by atoms with Gasteiger partial charge in [0.2, 0.25) is 5.91 Å². The van der Waals surface area contributed by atoms with Crippen molar-refractivity contribution in [1.82, 2.24) is 0 Å². The summed E-state index contributed by atoms with van der Waals surface area (Å²) in [6, 6.07) is 1.80. The van der Waals surface area contributed by atoms with Crippen LogP contribution in [-0.2, 0) is 29.0 Å². The number of aryl methyl sites for hydroxylation is 1. The molecule has 0 heterocycles. The lowest BCUT2D eigenvalue weighted by atomic mass is 9.39. The van der Waals surface area contributed by atoms with Gasteiger partial charge in [-0.25, -0.2) is 0 Å². The number of aliphatic hydroxyl groups excluding tert-OH is 2. The minimum atomic E-state index is -2.51. The fourth-order valence-corrected chi connectivity index (χ4v) is 8.21. The van der Waals surface area contributed by atoms with Gasteiger partial charge in [-0.1, -0.05) is 40.7 Å². The molecule has 2 fully saturated rings. The van der Waals surface area contributed by atoms with Crippen molar-refractivity contribution in [2.75, 3.05) is 0 Å². The molecule has 8 N–H and O–H groups in total. The minimum absolute atomic E-state index is 0.0125. The molecule has 1 aromatic carbocycles. The molecule has 4 rings (SSSR count). The van der Waals surface area contributed by atoms with Crippen molar-refractivity contribution < 1.29 is 34.8 Å². The molecule has 0 aliphatic heterocycles. The number of carbonyl (C=O) groups excluding carboxylic acids is 3. The molecule has 36 heavy (non-hydrogen) atoms. The summed E-state index contributed by atoms with van der Waals surface area (Å²) in [6.45, 7) is 9.08. The van der Waals surface area contributed by atoms with Crippen LogP contribution in [0.2, 0.25) is 0 Å². The molecule has 9 nitrogen and oxygen atoms in total. The Kier molecular flexibility index (Phi) is 6.19. The first-order valence-electron chi connectivity index (χ1n) is 12.6. The molecule has 0 aromatic heterocycles. The van der Waals surface area contributed by atoms with Crippen molar-refractivity contribution in [3.05, 3.63) is 28.3 Å². The highest BCUT2D eigenvalue weighted by Gasteiger charge is 2.75. The lowest BCUT2D eigenvalue weighted by molar-refractivity contribution is -0.265. The zero-order chi connectivity index (χ0) is 27.1.